The molecule has 0 saturated carbocycles. The molecule has 0 aliphatic heterocycles. The van der Waals surface area contributed by atoms with Gasteiger partial charge in [0.2, 0.25) is 10.0 Å². The molecule has 0 spiro atoms. The van der Waals surface area contributed by atoms with Crippen molar-refractivity contribution in [1.82, 2.24) is 5.32 Å². The van der Waals surface area contributed by atoms with Gasteiger partial charge in [0.15, 0.2) is 0 Å². The Morgan fingerprint density at radius 3 is 2.46 bits per heavy atom. The maximum atomic E-state index is 12.2. The number of sulfonamides is 1. The van der Waals surface area contributed by atoms with Crippen molar-refractivity contribution < 1.29 is 13.2 Å². The fourth-order valence-corrected chi connectivity index (χ4v) is 2.94. The molecule has 0 saturated heterocycles. The minimum atomic E-state index is -3.46. The number of benzene rings is 2. The van der Waals surface area contributed by atoms with E-state index in [0.29, 0.717) is 12.1 Å². The summed E-state index contributed by atoms with van der Waals surface area (Å²) in [5.74, 6) is -0.272. The first kappa shape index (κ1) is 18.3. The van der Waals surface area contributed by atoms with Crippen molar-refractivity contribution >= 4 is 33.2 Å². The molecule has 0 unspecified atom stereocenters. The number of amides is 1. The molecular weight excluding hydrogens is 348 g/mol. The Morgan fingerprint density at radius 1 is 1.17 bits per heavy atom. The Labute approximate surface area is 147 Å². The van der Waals surface area contributed by atoms with E-state index in [1.165, 1.54) is 19.2 Å². The summed E-state index contributed by atoms with van der Waals surface area (Å²) < 4.78 is 24.4. The lowest BCUT2D eigenvalue weighted by Crippen LogP contribution is -2.27. The van der Waals surface area contributed by atoms with Crippen LogP contribution in [0.2, 0.25) is 5.02 Å². The summed E-state index contributed by atoms with van der Waals surface area (Å²) in [6.45, 7) is 0.489. The molecule has 2 aromatic carbocycles. The lowest BCUT2D eigenvalue weighted by molar-refractivity contribution is 0.0954. The molecule has 0 heterocycles. The van der Waals surface area contributed by atoms with Crippen LogP contribution in [-0.2, 0) is 16.4 Å². The van der Waals surface area contributed by atoms with E-state index in [1.807, 2.05) is 30.3 Å². The highest BCUT2D eigenvalue weighted by molar-refractivity contribution is 7.92. The molecule has 0 aromatic heterocycles. The number of rotatable bonds is 6. The molecule has 0 aliphatic rings. The molecule has 5 nitrogen and oxygen atoms in total. The summed E-state index contributed by atoms with van der Waals surface area (Å²) in [6.07, 6.45) is 1.80. The lowest BCUT2D eigenvalue weighted by atomic mass is 10.1. The summed E-state index contributed by atoms with van der Waals surface area (Å²) >= 11 is 6.05. The van der Waals surface area contributed by atoms with Gasteiger partial charge in [-0.25, -0.2) is 8.42 Å². The zero-order chi connectivity index (χ0) is 17.7. The predicted molar refractivity (Wildman–Crippen MR) is 97.2 cm³/mol. The van der Waals surface area contributed by atoms with Gasteiger partial charge in [0, 0.05) is 19.2 Å². The standard InChI is InChI=1S/C17H19ClN2O3S/c1-20(24(2,22)23)16-12-14(8-9-15(16)18)17(21)19-11-10-13-6-4-3-5-7-13/h3-9,12H,10-11H2,1-2H3,(H,19,21). The molecule has 0 aliphatic carbocycles. The predicted octanol–water partition coefficient (Wildman–Crippen LogP) is 2.71. The van der Waals surface area contributed by atoms with E-state index in [9.17, 15) is 13.2 Å². The van der Waals surface area contributed by atoms with Crippen molar-refractivity contribution in [3.05, 3.63) is 64.7 Å². The van der Waals surface area contributed by atoms with E-state index in [2.05, 4.69) is 5.32 Å². The fourth-order valence-electron chi connectivity index (χ4n) is 2.14. The van der Waals surface area contributed by atoms with Gasteiger partial charge < -0.3 is 5.32 Å². The highest BCUT2D eigenvalue weighted by atomic mass is 35.5. The second-order valence-corrected chi connectivity index (χ2v) is 7.81. The van der Waals surface area contributed by atoms with Crippen molar-refractivity contribution in [3.8, 4) is 0 Å². The summed E-state index contributed by atoms with van der Waals surface area (Å²) in [5.41, 5.74) is 1.76. The SMILES string of the molecule is CN(c1cc(C(=O)NCCc2ccccc2)ccc1Cl)S(C)(=O)=O. The van der Waals surface area contributed by atoms with E-state index in [4.69, 9.17) is 11.6 Å². The van der Waals surface area contributed by atoms with Crippen molar-refractivity contribution in [3.63, 3.8) is 0 Å². The Hall–Kier alpha value is -2.05. The van der Waals surface area contributed by atoms with Crippen molar-refractivity contribution in [2.75, 3.05) is 24.2 Å². The van der Waals surface area contributed by atoms with E-state index in [0.717, 1.165) is 22.5 Å². The topological polar surface area (TPSA) is 66.5 Å². The molecule has 0 bridgehead atoms. The van der Waals surface area contributed by atoms with Gasteiger partial charge in [0.25, 0.3) is 5.91 Å². The first-order valence-electron chi connectivity index (χ1n) is 7.34. The highest BCUT2D eigenvalue weighted by Crippen LogP contribution is 2.27. The summed E-state index contributed by atoms with van der Waals surface area (Å²) in [4.78, 5) is 12.2. The van der Waals surface area contributed by atoms with Crippen LogP contribution in [0.4, 0.5) is 5.69 Å². The number of nitrogens with one attached hydrogen (secondary N) is 1. The average molecular weight is 367 g/mol. The third kappa shape index (κ3) is 4.72. The zero-order valence-corrected chi connectivity index (χ0v) is 15.1. The molecule has 0 radical (unpaired) electrons. The normalized spacial score (nSPS) is 11.1. The molecule has 0 fully saturated rings. The smallest absolute Gasteiger partial charge is 0.251 e. The van der Waals surface area contributed by atoms with Gasteiger partial charge in [0.05, 0.1) is 17.0 Å². The third-order valence-electron chi connectivity index (χ3n) is 3.59. The second-order valence-electron chi connectivity index (χ2n) is 5.39. The van der Waals surface area contributed by atoms with Gasteiger partial charge in [-0.2, -0.15) is 0 Å². The van der Waals surface area contributed by atoms with E-state index >= 15 is 0 Å². The van der Waals surface area contributed by atoms with Crippen LogP contribution in [-0.4, -0.2) is 34.2 Å². The number of hydrogen-bond acceptors (Lipinski definition) is 3. The Morgan fingerprint density at radius 2 is 1.83 bits per heavy atom. The summed E-state index contributed by atoms with van der Waals surface area (Å²) in [7, 11) is -2.06. The van der Waals surface area contributed by atoms with Gasteiger partial charge >= 0.3 is 0 Å². The minimum absolute atomic E-state index is 0.267. The molecule has 24 heavy (non-hydrogen) atoms. The molecule has 1 amide bonds. The number of hydrogen-bond donors (Lipinski definition) is 1. The zero-order valence-electron chi connectivity index (χ0n) is 13.5. The van der Waals surface area contributed by atoms with Gasteiger partial charge in [-0.05, 0) is 30.2 Å². The van der Waals surface area contributed by atoms with E-state index in [1.54, 1.807) is 6.07 Å². The minimum Gasteiger partial charge on any atom is -0.352 e. The lowest BCUT2D eigenvalue weighted by Gasteiger charge is -2.18. The van der Waals surface area contributed by atoms with Crippen LogP contribution < -0.4 is 9.62 Å². The molecule has 128 valence electrons. The van der Waals surface area contributed by atoms with Gasteiger partial charge in [-0.1, -0.05) is 41.9 Å². The van der Waals surface area contributed by atoms with Crippen LogP contribution >= 0.6 is 11.6 Å². The fraction of sp³-hybridized carbons (Fsp3) is 0.235. The van der Waals surface area contributed by atoms with Crippen LogP contribution in [0.15, 0.2) is 48.5 Å². The number of anilines is 1. The quantitative estimate of drug-likeness (QED) is 0.854. The molecular formula is C17H19ClN2O3S. The average Bonchev–Trinajstić information content (AvgIpc) is 2.54. The Balaban J connectivity index is 2.07. The van der Waals surface area contributed by atoms with Crippen molar-refractivity contribution in [1.29, 1.82) is 0 Å². The van der Waals surface area contributed by atoms with Gasteiger partial charge in [0.1, 0.15) is 0 Å². The number of carbonyl (C=O) groups is 1. The highest BCUT2D eigenvalue weighted by Gasteiger charge is 2.17. The second kappa shape index (κ2) is 7.68. The van der Waals surface area contributed by atoms with Crippen LogP contribution in [0, 0.1) is 0 Å². The maximum Gasteiger partial charge on any atom is 0.251 e. The van der Waals surface area contributed by atoms with Gasteiger partial charge in [-0.15, -0.1) is 0 Å². The first-order chi connectivity index (χ1) is 11.3. The monoisotopic (exact) mass is 366 g/mol. The molecule has 2 rings (SSSR count). The van der Waals surface area contributed by atoms with E-state index in [-0.39, 0.29) is 16.6 Å². The summed E-state index contributed by atoms with van der Waals surface area (Å²) in [6, 6.07) is 14.4. The Bertz CT molecular complexity index is 823. The third-order valence-corrected chi connectivity index (χ3v) is 5.10. The van der Waals surface area contributed by atoms with Crippen LogP contribution in [0.1, 0.15) is 15.9 Å². The van der Waals surface area contributed by atoms with Crippen molar-refractivity contribution in [2.24, 2.45) is 0 Å². The number of halogens is 1. The molecule has 1 N–H and O–H groups in total. The maximum absolute atomic E-state index is 12.2. The number of nitrogens with zero attached hydrogens (tertiary/aromatic N) is 1. The van der Waals surface area contributed by atoms with Crippen LogP contribution in [0.5, 0.6) is 0 Å². The molecule has 2 aromatic rings. The van der Waals surface area contributed by atoms with Crippen LogP contribution in [0.3, 0.4) is 0 Å². The van der Waals surface area contributed by atoms with Crippen molar-refractivity contribution in [2.45, 2.75) is 6.42 Å². The van der Waals surface area contributed by atoms with Gasteiger partial charge in [-0.3, -0.25) is 9.10 Å². The largest absolute Gasteiger partial charge is 0.352 e. The van der Waals surface area contributed by atoms with Crippen LogP contribution in [0.25, 0.3) is 0 Å². The summed E-state index contributed by atoms with van der Waals surface area (Å²) in [5, 5.41) is 3.09. The molecule has 7 heteroatoms. The number of carbonyl (C=O) groups excluding carboxylic acids is 1. The van der Waals surface area contributed by atoms with E-state index < -0.39 is 10.0 Å². The first-order valence-corrected chi connectivity index (χ1v) is 9.57. The molecule has 0 atom stereocenters. The Kier molecular flexibility index (Phi) is 5.85.